The van der Waals surface area contributed by atoms with E-state index in [-0.39, 0.29) is 24.2 Å². The summed E-state index contributed by atoms with van der Waals surface area (Å²) in [6.07, 6.45) is 5.62. The smallest absolute Gasteiger partial charge is 0.223 e. The van der Waals surface area contributed by atoms with Gasteiger partial charge in [-0.2, -0.15) is 0 Å². The number of benzene rings is 1. The maximum absolute atomic E-state index is 12.9. The van der Waals surface area contributed by atoms with Crippen LogP contribution in [0.3, 0.4) is 0 Å². The lowest BCUT2D eigenvalue weighted by Crippen LogP contribution is -2.40. The summed E-state index contributed by atoms with van der Waals surface area (Å²) < 4.78 is 12.9. The van der Waals surface area contributed by atoms with Gasteiger partial charge in [-0.1, -0.05) is 31.4 Å². The van der Waals surface area contributed by atoms with Gasteiger partial charge in [0.05, 0.1) is 5.92 Å². The molecule has 1 saturated carbocycles. The van der Waals surface area contributed by atoms with Gasteiger partial charge in [0.15, 0.2) is 0 Å². The van der Waals surface area contributed by atoms with Crippen LogP contribution in [-0.4, -0.2) is 18.4 Å². The number of hydrogen-bond donors (Lipinski definition) is 2. The van der Waals surface area contributed by atoms with Gasteiger partial charge in [-0.15, -0.1) is 0 Å². The Kier molecular flexibility index (Phi) is 5.92. The van der Waals surface area contributed by atoms with E-state index in [1.807, 2.05) is 0 Å². The van der Waals surface area contributed by atoms with E-state index >= 15 is 0 Å². The van der Waals surface area contributed by atoms with Crippen LogP contribution in [0, 0.1) is 17.7 Å². The third-order valence-electron chi connectivity index (χ3n) is 4.30. The van der Waals surface area contributed by atoms with Crippen LogP contribution in [0.15, 0.2) is 24.3 Å². The number of rotatable bonds is 6. The molecule has 1 aliphatic carbocycles. The third-order valence-corrected chi connectivity index (χ3v) is 4.30. The molecule has 0 heterocycles. The van der Waals surface area contributed by atoms with Crippen LogP contribution in [0.25, 0.3) is 0 Å². The molecule has 4 nitrogen and oxygen atoms in total. The van der Waals surface area contributed by atoms with Crippen molar-refractivity contribution in [2.45, 2.75) is 38.5 Å². The summed E-state index contributed by atoms with van der Waals surface area (Å²) in [6.45, 7) is 0.238. The third kappa shape index (κ3) is 4.83. The maximum Gasteiger partial charge on any atom is 0.223 e. The Balaban J connectivity index is 1.87. The highest BCUT2D eigenvalue weighted by Gasteiger charge is 2.23. The second-order valence-corrected chi connectivity index (χ2v) is 6.01. The van der Waals surface area contributed by atoms with E-state index in [4.69, 9.17) is 5.73 Å². The Morgan fingerprint density at radius 2 is 1.82 bits per heavy atom. The van der Waals surface area contributed by atoms with Gasteiger partial charge in [0.2, 0.25) is 11.8 Å². The van der Waals surface area contributed by atoms with Gasteiger partial charge in [0, 0.05) is 12.5 Å². The monoisotopic (exact) mass is 306 g/mol. The summed E-state index contributed by atoms with van der Waals surface area (Å²) in [5.74, 6) is -1.16. The van der Waals surface area contributed by atoms with Crippen LogP contribution >= 0.6 is 0 Å². The number of amides is 2. The van der Waals surface area contributed by atoms with Gasteiger partial charge in [-0.05, 0) is 37.0 Å². The van der Waals surface area contributed by atoms with Crippen molar-refractivity contribution in [3.05, 3.63) is 35.6 Å². The lowest BCUT2D eigenvalue weighted by Gasteiger charge is -2.22. The Bertz CT molecular complexity index is 510. The second-order valence-electron chi connectivity index (χ2n) is 6.01. The summed E-state index contributed by atoms with van der Waals surface area (Å²) >= 11 is 0. The number of carbonyl (C=O) groups excluding carboxylic acids is 2. The summed E-state index contributed by atoms with van der Waals surface area (Å²) in [6, 6.07) is 5.98. The number of halogens is 1. The molecule has 1 aliphatic rings. The standard InChI is InChI=1S/C17H23FN2O2/c18-15-8-6-12(7-9-15)10-14(16(19)21)11-20-17(22)13-4-2-1-3-5-13/h6-9,13-14H,1-5,10-11H2,(H2,19,21)(H,20,22)/t14-/m1/s1. The summed E-state index contributed by atoms with van der Waals surface area (Å²) in [7, 11) is 0. The molecule has 2 rings (SSSR count). The molecule has 2 amide bonds. The summed E-state index contributed by atoms with van der Waals surface area (Å²) in [5, 5.41) is 2.85. The molecule has 120 valence electrons. The van der Waals surface area contributed by atoms with Crippen molar-refractivity contribution in [2.24, 2.45) is 17.6 Å². The predicted octanol–water partition coefficient (Wildman–Crippen LogP) is 2.17. The molecule has 1 aromatic carbocycles. The minimum Gasteiger partial charge on any atom is -0.369 e. The SMILES string of the molecule is NC(=O)[C@@H](CNC(=O)C1CCCCC1)Cc1ccc(F)cc1. The van der Waals surface area contributed by atoms with Crippen molar-refractivity contribution >= 4 is 11.8 Å². The molecule has 22 heavy (non-hydrogen) atoms. The van der Waals surface area contributed by atoms with Gasteiger partial charge in [-0.25, -0.2) is 4.39 Å². The van der Waals surface area contributed by atoms with E-state index < -0.39 is 11.8 Å². The molecule has 0 unspecified atom stereocenters. The van der Waals surface area contributed by atoms with Gasteiger partial charge in [0.25, 0.3) is 0 Å². The van der Waals surface area contributed by atoms with Gasteiger partial charge in [-0.3, -0.25) is 9.59 Å². The quantitative estimate of drug-likeness (QED) is 0.845. The van der Waals surface area contributed by atoms with Crippen LogP contribution in [0.2, 0.25) is 0 Å². The Morgan fingerprint density at radius 1 is 1.18 bits per heavy atom. The fourth-order valence-corrected chi connectivity index (χ4v) is 2.91. The zero-order valence-electron chi connectivity index (χ0n) is 12.7. The average molecular weight is 306 g/mol. The molecule has 5 heteroatoms. The van der Waals surface area contributed by atoms with E-state index in [0.717, 1.165) is 31.2 Å². The molecule has 1 fully saturated rings. The highest BCUT2D eigenvalue weighted by Crippen LogP contribution is 2.23. The van der Waals surface area contributed by atoms with Crippen LogP contribution < -0.4 is 11.1 Å². The van der Waals surface area contributed by atoms with Crippen molar-refractivity contribution in [3.8, 4) is 0 Å². The number of carbonyl (C=O) groups is 2. The van der Waals surface area contributed by atoms with Gasteiger partial charge < -0.3 is 11.1 Å². The average Bonchev–Trinajstić information content (AvgIpc) is 2.53. The van der Waals surface area contributed by atoms with E-state index in [0.29, 0.717) is 6.42 Å². The highest BCUT2D eigenvalue weighted by molar-refractivity contribution is 5.81. The molecule has 0 bridgehead atoms. The van der Waals surface area contributed by atoms with E-state index in [1.165, 1.54) is 18.6 Å². The largest absolute Gasteiger partial charge is 0.369 e. The van der Waals surface area contributed by atoms with Gasteiger partial charge in [0.1, 0.15) is 5.82 Å². The van der Waals surface area contributed by atoms with Crippen LogP contribution in [-0.2, 0) is 16.0 Å². The first-order valence-electron chi connectivity index (χ1n) is 7.87. The number of nitrogens with two attached hydrogens (primary N) is 1. The normalized spacial score (nSPS) is 17.0. The molecule has 0 spiro atoms. The molecule has 3 N–H and O–H groups in total. The summed E-state index contributed by atoms with van der Waals surface area (Å²) in [4.78, 5) is 23.7. The van der Waals surface area contributed by atoms with Crippen molar-refractivity contribution in [3.63, 3.8) is 0 Å². The molecule has 0 saturated heterocycles. The lowest BCUT2D eigenvalue weighted by molar-refractivity contribution is -0.126. The topological polar surface area (TPSA) is 72.2 Å². The first kappa shape index (κ1) is 16.5. The zero-order valence-corrected chi connectivity index (χ0v) is 12.7. The number of primary amides is 1. The highest BCUT2D eigenvalue weighted by atomic mass is 19.1. The molecule has 0 aromatic heterocycles. The first-order chi connectivity index (χ1) is 10.6. The zero-order chi connectivity index (χ0) is 15.9. The molecule has 1 atom stereocenters. The number of nitrogens with one attached hydrogen (secondary N) is 1. The Morgan fingerprint density at radius 3 is 2.41 bits per heavy atom. The fourth-order valence-electron chi connectivity index (χ4n) is 2.91. The molecular formula is C17H23FN2O2. The minimum absolute atomic E-state index is 0.0186. The Hall–Kier alpha value is -1.91. The van der Waals surface area contributed by atoms with Crippen molar-refractivity contribution in [2.75, 3.05) is 6.54 Å². The Labute approximate surface area is 130 Å². The van der Waals surface area contributed by atoms with E-state index in [2.05, 4.69) is 5.32 Å². The van der Waals surface area contributed by atoms with E-state index in [9.17, 15) is 14.0 Å². The van der Waals surface area contributed by atoms with E-state index in [1.54, 1.807) is 12.1 Å². The van der Waals surface area contributed by atoms with Crippen molar-refractivity contribution < 1.29 is 14.0 Å². The van der Waals surface area contributed by atoms with Gasteiger partial charge >= 0.3 is 0 Å². The van der Waals surface area contributed by atoms with Crippen molar-refractivity contribution in [1.29, 1.82) is 0 Å². The molecule has 0 radical (unpaired) electrons. The van der Waals surface area contributed by atoms with Crippen LogP contribution in [0.5, 0.6) is 0 Å². The fraction of sp³-hybridized carbons (Fsp3) is 0.529. The molecular weight excluding hydrogens is 283 g/mol. The predicted molar refractivity (Wildman–Crippen MR) is 82.4 cm³/mol. The molecule has 1 aromatic rings. The number of hydrogen-bond acceptors (Lipinski definition) is 2. The molecule has 0 aliphatic heterocycles. The van der Waals surface area contributed by atoms with Crippen LogP contribution in [0.4, 0.5) is 4.39 Å². The summed E-state index contributed by atoms with van der Waals surface area (Å²) in [5.41, 5.74) is 6.25. The van der Waals surface area contributed by atoms with Crippen molar-refractivity contribution in [1.82, 2.24) is 5.32 Å². The second kappa shape index (κ2) is 7.92. The minimum atomic E-state index is -0.474. The maximum atomic E-state index is 12.9. The lowest BCUT2D eigenvalue weighted by atomic mass is 9.88. The van der Waals surface area contributed by atoms with Crippen LogP contribution in [0.1, 0.15) is 37.7 Å². The first-order valence-corrected chi connectivity index (χ1v) is 7.87.